The molecule has 0 bridgehead atoms. The Morgan fingerprint density at radius 1 is 1.05 bits per heavy atom. The number of ether oxygens (including phenoxy) is 2. The van der Waals surface area contributed by atoms with Gasteiger partial charge in [-0.2, -0.15) is 0 Å². The van der Waals surface area contributed by atoms with Crippen molar-refractivity contribution in [2.24, 2.45) is 0 Å². The number of aliphatic hydroxyl groups is 1. The molecule has 0 heterocycles. The Balaban J connectivity index is 2.07. The van der Waals surface area contributed by atoms with Crippen molar-refractivity contribution in [3.8, 4) is 23.3 Å². The van der Waals surface area contributed by atoms with E-state index in [1.165, 1.54) is 0 Å². The quantitative estimate of drug-likeness (QED) is 0.866. The molecule has 0 radical (unpaired) electrons. The minimum atomic E-state index is -0.137. The normalized spacial score (nSPS) is 9.50. The van der Waals surface area contributed by atoms with Gasteiger partial charge in [0.25, 0.3) is 0 Å². The molecule has 102 valence electrons. The molecule has 1 N–H and O–H groups in total. The van der Waals surface area contributed by atoms with Gasteiger partial charge in [-0.3, -0.25) is 0 Å². The lowest BCUT2D eigenvalue weighted by atomic mass is 10.1. The minimum absolute atomic E-state index is 0.137. The first kappa shape index (κ1) is 14.0. The van der Waals surface area contributed by atoms with Crippen molar-refractivity contribution in [2.75, 3.05) is 13.7 Å². The van der Waals surface area contributed by atoms with Crippen LogP contribution in [-0.2, 0) is 6.61 Å². The van der Waals surface area contributed by atoms with Crippen molar-refractivity contribution in [1.29, 1.82) is 0 Å². The molecule has 0 fully saturated rings. The molecular weight excluding hydrogens is 252 g/mol. The summed E-state index contributed by atoms with van der Waals surface area (Å²) in [6, 6.07) is 15.3. The molecule has 2 aromatic rings. The van der Waals surface area contributed by atoms with Gasteiger partial charge in [-0.25, -0.2) is 0 Å². The maximum atomic E-state index is 8.69. The third-order valence-corrected chi connectivity index (χ3v) is 2.70. The van der Waals surface area contributed by atoms with Gasteiger partial charge in [-0.15, -0.1) is 0 Å². The summed E-state index contributed by atoms with van der Waals surface area (Å²) >= 11 is 0. The number of para-hydroxylation sites is 2. The zero-order valence-corrected chi connectivity index (χ0v) is 11.3. The number of hydrogen-bond acceptors (Lipinski definition) is 3. The molecule has 0 amide bonds. The summed E-state index contributed by atoms with van der Waals surface area (Å²) in [5.74, 6) is 6.93. The van der Waals surface area contributed by atoms with Gasteiger partial charge in [-0.05, 0) is 29.8 Å². The molecule has 0 atom stereocenters. The molecule has 0 spiro atoms. The predicted octanol–water partition coefficient (Wildman–Crippen LogP) is 2.62. The average molecular weight is 268 g/mol. The summed E-state index contributed by atoms with van der Waals surface area (Å²) in [6.45, 7) is 0.303. The Morgan fingerprint density at radius 3 is 2.60 bits per heavy atom. The van der Waals surface area contributed by atoms with Crippen LogP contribution in [0.4, 0.5) is 0 Å². The van der Waals surface area contributed by atoms with Crippen LogP contribution in [-0.4, -0.2) is 18.8 Å². The molecule has 0 unspecified atom stereocenters. The molecule has 0 aliphatic rings. The summed E-state index contributed by atoms with van der Waals surface area (Å²) in [7, 11) is 1.62. The summed E-state index contributed by atoms with van der Waals surface area (Å²) in [4.78, 5) is 0. The number of aliphatic hydroxyl groups excluding tert-OH is 1. The van der Waals surface area contributed by atoms with Crippen molar-refractivity contribution < 1.29 is 14.6 Å². The molecule has 0 aliphatic heterocycles. The topological polar surface area (TPSA) is 38.7 Å². The van der Waals surface area contributed by atoms with Crippen molar-refractivity contribution >= 4 is 0 Å². The summed E-state index contributed by atoms with van der Waals surface area (Å²) in [5.41, 5.74) is 1.88. The lowest BCUT2D eigenvalue weighted by Gasteiger charge is -2.10. The molecule has 3 heteroatoms. The maximum Gasteiger partial charge on any atom is 0.161 e. The summed E-state index contributed by atoms with van der Waals surface area (Å²) < 4.78 is 11.0. The van der Waals surface area contributed by atoms with Crippen LogP contribution in [0.2, 0.25) is 0 Å². The second-order valence-corrected chi connectivity index (χ2v) is 4.10. The van der Waals surface area contributed by atoms with Crippen LogP contribution in [0.1, 0.15) is 11.1 Å². The zero-order valence-electron chi connectivity index (χ0n) is 11.3. The average Bonchev–Trinajstić information content (AvgIpc) is 2.51. The van der Waals surface area contributed by atoms with Crippen molar-refractivity contribution in [2.45, 2.75) is 6.61 Å². The number of benzene rings is 2. The molecule has 0 aromatic heterocycles. The standard InChI is InChI=1S/C17H16O3/c1-19-16-9-2-3-10-17(16)20-13-15-7-4-6-14(12-15)8-5-11-18/h2-4,6-7,9-10,12,18H,11,13H2,1H3. The third kappa shape index (κ3) is 3.78. The molecule has 0 saturated carbocycles. The van der Waals surface area contributed by atoms with E-state index in [0.29, 0.717) is 18.1 Å². The Morgan fingerprint density at radius 2 is 1.85 bits per heavy atom. The molecule has 2 rings (SSSR count). The number of hydrogen-bond donors (Lipinski definition) is 1. The van der Waals surface area contributed by atoms with E-state index < -0.39 is 0 Å². The van der Waals surface area contributed by atoms with Crippen LogP contribution >= 0.6 is 0 Å². The summed E-state index contributed by atoms with van der Waals surface area (Å²) in [6.07, 6.45) is 0. The molecule has 3 nitrogen and oxygen atoms in total. The van der Waals surface area contributed by atoms with Gasteiger partial charge in [0.15, 0.2) is 11.5 Å². The van der Waals surface area contributed by atoms with E-state index in [4.69, 9.17) is 14.6 Å². The minimum Gasteiger partial charge on any atom is -0.493 e. The first-order chi connectivity index (χ1) is 9.83. The van der Waals surface area contributed by atoms with E-state index in [1.54, 1.807) is 7.11 Å². The van der Waals surface area contributed by atoms with E-state index in [9.17, 15) is 0 Å². The SMILES string of the molecule is COc1ccccc1OCc1cccc(C#CCO)c1. The third-order valence-electron chi connectivity index (χ3n) is 2.70. The number of methoxy groups -OCH3 is 1. The fourth-order valence-corrected chi connectivity index (χ4v) is 1.78. The van der Waals surface area contributed by atoms with Gasteiger partial charge in [0.1, 0.15) is 13.2 Å². The smallest absolute Gasteiger partial charge is 0.161 e. The lowest BCUT2D eigenvalue weighted by molar-refractivity contribution is 0.284. The Hall–Kier alpha value is -2.44. The van der Waals surface area contributed by atoms with E-state index in [-0.39, 0.29) is 6.61 Å². The van der Waals surface area contributed by atoms with Gasteiger partial charge >= 0.3 is 0 Å². The van der Waals surface area contributed by atoms with Gasteiger partial charge in [-0.1, -0.05) is 36.1 Å². The number of rotatable bonds is 4. The molecule has 20 heavy (non-hydrogen) atoms. The monoisotopic (exact) mass is 268 g/mol. The van der Waals surface area contributed by atoms with Gasteiger partial charge in [0.2, 0.25) is 0 Å². The molecule has 2 aromatic carbocycles. The highest BCUT2D eigenvalue weighted by Crippen LogP contribution is 2.26. The Labute approximate surface area is 118 Å². The first-order valence-corrected chi connectivity index (χ1v) is 6.28. The van der Waals surface area contributed by atoms with Crippen LogP contribution in [0.15, 0.2) is 48.5 Å². The van der Waals surface area contributed by atoms with Crippen LogP contribution in [0, 0.1) is 11.8 Å². The van der Waals surface area contributed by atoms with Crippen LogP contribution < -0.4 is 9.47 Å². The van der Waals surface area contributed by atoms with Crippen LogP contribution in [0.3, 0.4) is 0 Å². The van der Waals surface area contributed by atoms with Crippen molar-refractivity contribution in [1.82, 2.24) is 0 Å². The fourth-order valence-electron chi connectivity index (χ4n) is 1.78. The second kappa shape index (κ2) is 7.22. The largest absolute Gasteiger partial charge is 0.493 e. The zero-order chi connectivity index (χ0) is 14.2. The molecular formula is C17H16O3. The van der Waals surface area contributed by atoms with Gasteiger partial charge < -0.3 is 14.6 Å². The van der Waals surface area contributed by atoms with Gasteiger partial charge in [0, 0.05) is 5.56 Å². The van der Waals surface area contributed by atoms with Crippen LogP contribution in [0.5, 0.6) is 11.5 Å². The maximum absolute atomic E-state index is 8.69. The van der Waals surface area contributed by atoms with Crippen molar-refractivity contribution in [3.63, 3.8) is 0 Å². The van der Waals surface area contributed by atoms with Crippen molar-refractivity contribution in [3.05, 3.63) is 59.7 Å². The second-order valence-electron chi connectivity index (χ2n) is 4.10. The Bertz CT molecular complexity index is 623. The molecule has 0 saturated heterocycles. The molecule has 0 aliphatic carbocycles. The van der Waals surface area contributed by atoms with E-state index in [0.717, 1.165) is 11.1 Å². The predicted molar refractivity (Wildman–Crippen MR) is 77.7 cm³/mol. The van der Waals surface area contributed by atoms with E-state index >= 15 is 0 Å². The van der Waals surface area contributed by atoms with Gasteiger partial charge in [0.05, 0.1) is 7.11 Å². The Kier molecular flexibility index (Phi) is 5.05. The van der Waals surface area contributed by atoms with E-state index in [1.807, 2.05) is 48.5 Å². The highest BCUT2D eigenvalue weighted by molar-refractivity contribution is 5.40. The lowest BCUT2D eigenvalue weighted by Crippen LogP contribution is -1.97. The summed E-state index contributed by atoms with van der Waals surface area (Å²) in [5, 5.41) is 8.69. The highest BCUT2D eigenvalue weighted by atomic mass is 16.5. The van der Waals surface area contributed by atoms with Crippen LogP contribution in [0.25, 0.3) is 0 Å². The van der Waals surface area contributed by atoms with E-state index in [2.05, 4.69) is 11.8 Å². The fraction of sp³-hybridized carbons (Fsp3) is 0.176. The highest BCUT2D eigenvalue weighted by Gasteiger charge is 2.03. The first-order valence-electron chi connectivity index (χ1n) is 6.28.